The molecule has 0 spiro atoms. The smallest absolute Gasteiger partial charge is 0.0697 e. The Hall–Kier alpha value is -1.31. The highest BCUT2D eigenvalue weighted by Crippen LogP contribution is 2.33. The monoisotopic (exact) mass is 230 g/mol. The van der Waals surface area contributed by atoms with E-state index in [-0.39, 0.29) is 10.8 Å². The number of aromatic nitrogens is 2. The standard InChI is InChI=1S/C15H22N2/c1-14(2,3)11-9-17-13(15(4,5)6)12-10(11)7-8-16-12/h7-9,16H,1-6H3. The van der Waals surface area contributed by atoms with Crippen molar-refractivity contribution in [2.45, 2.75) is 52.4 Å². The Balaban J connectivity index is 2.76. The van der Waals surface area contributed by atoms with Gasteiger partial charge in [0.05, 0.1) is 11.2 Å². The fourth-order valence-electron chi connectivity index (χ4n) is 2.22. The van der Waals surface area contributed by atoms with Gasteiger partial charge < -0.3 is 4.98 Å². The van der Waals surface area contributed by atoms with Crippen molar-refractivity contribution in [2.24, 2.45) is 0 Å². The molecule has 2 heteroatoms. The normalized spacial score (nSPS) is 13.3. The van der Waals surface area contributed by atoms with Gasteiger partial charge in [-0.3, -0.25) is 4.98 Å². The van der Waals surface area contributed by atoms with Gasteiger partial charge in [0, 0.05) is 23.2 Å². The van der Waals surface area contributed by atoms with E-state index in [4.69, 9.17) is 0 Å². The highest BCUT2D eigenvalue weighted by molar-refractivity contribution is 5.86. The van der Waals surface area contributed by atoms with E-state index in [1.807, 2.05) is 12.4 Å². The summed E-state index contributed by atoms with van der Waals surface area (Å²) in [6, 6.07) is 2.16. The molecule has 0 aliphatic carbocycles. The Labute approximate surface area is 103 Å². The molecular weight excluding hydrogens is 208 g/mol. The fraction of sp³-hybridized carbons (Fsp3) is 0.533. The molecule has 0 aromatic carbocycles. The summed E-state index contributed by atoms with van der Waals surface area (Å²) in [4.78, 5) is 8.03. The number of rotatable bonds is 0. The van der Waals surface area contributed by atoms with Gasteiger partial charge in [0.15, 0.2) is 0 Å². The van der Waals surface area contributed by atoms with Crippen LogP contribution in [0.4, 0.5) is 0 Å². The topological polar surface area (TPSA) is 28.7 Å². The number of hydrogen-bond donors (Lipinski definition) is 1. The minimum atomic E-state index is 0.0690. The van der Waals surface area contributed by atoms with Crippen molar-refractivity contribution in [1.82, 2.24) is 9.97 Å². The second-order valence-electron chi connectivity index (χ2n) is 6.79. The summed E-state index contributed by atoms with van der Waals surface area (Å²) in [6.07, 6.45) is 4.05. The molecule has 0 fully saturated rings. The summed E-state index contributed by atoms with van der Waals surface area (Å²) in [7, 11) is 0. The van der Waals surface area contributed by atoms with E-state index in [9.17, 15) is 0 Å². The van der Waals surface area contributed by atoms with Gasteiger partial charge in [-0.05, 0) is 17.0 Å². The fourth-order valence-corrected chi connectivity index (χ4v) is 2.22. The molecule has 2 rings (SSSR count). The lowest BCUT2D eigenvalue weighted by Gasteiger charge is -2.24. The predicted molar refractivity (Wildman–Crippen MR) is 73.5 cm³/mol. The third-order valence-electron chi connectivity index (χ3n) is 3.12. The van der Waals surface area contributed by atoms with Gasteiger partial charge in [0.25, 0.3) is 0 Å². The van der Waals surface area contributed by atoms with Crippen LogP contribution in [-0.2, 0) is 10.8 Å². The summed E-state index contributed by atoms with van der Waals surface area (Å²) in [5, 5.41) is 1.30. The first-order chi connectivity index (χ1) is 7.71. The van der Waals surface area contributed by atoms with E-state index in [0.29, 0.717) is 0 Å². The van der Waals surface area contributed by atoms with E-state index in [0.717, 1.165) is 5.69 Å². The molecule has 0 bridgehead atoms. The van der Waals surface area contributed by atoms with Crippen molar-refractivity contribution in [3.8, 4) is 0 Å². The quantitative estimate of drug-likeness (QED) is 0.723. The molecule has 0 aliphatic heterocycles. The van der Waals surface area contributed by atoms with E-state index in [1.54, 1.807) is 0 Å². The highest BCUT2D eigenvalue weighted by atomic mass is 14.8. The lowest BCUT2D eigenvalue weighted by molar-refractivity contribution is 0.565. The summed E-state index contributed by atoms with van der Waals surface area (Å²) in [6.45, 7) is 13.3. The molecule has 2 nitrogen and oxygen atoms in total. The molecular formula is C15H22N2. The first-order valence-electron chi connectivity index (χ1n) is 6.18. The Morgan fingerprint density at radius 1 is 1.00 bits per heavy atom. The van der Waals surface area contributed by atoms with Crippen molar-refractivity contribution in [3.05, 3.63) is 29.7 Å². The van der Waals surface area contributed by atoms with Gasteiger partial charge in [-0.1, -0.05) is 41.5 Å². The Morgan fingerprint density at radius 2 is 1.65 bits per heavy atom. The number of pyridine rings is 1. The highest BCUT2D eigenvalue weighted by Gasteiger charge is 2.24. The molecule has 17 heavy (non-hydrogen) atoms. The van der Waals surface area contributed by atoms with E-state index < -0.39 is 0 Å². The van der Waals surface area contributed by atoms with E-state index in [2.05, 4.69) is 57.6 Å². The molecule has 0 amide bonds. The largest absolute Gasteiger partial charge is 0.360 e. The average Bonchev–Trinajstić information content (AvgIpc) is 2.60. The second kappa shape index (κ2) is 3.59. The molecule has 92 valence electrons. The van der Waals surface area contributed by atoms with Crippen LogP contribution in [0.15, 0.2) is 18.5 Å². The van der Waals surface area contributed by atoms with Crippen LogP contribution in [0, 0.1) is 0 Å². The zero-order valence-corrected chi connectivity index (χ0v) is 11.7. The number of nitrogens with zero attached hydrogens (tertiary/aromatic N) is 1. The maximum absolute atomic E-state index is 4.69. The van der Waals surface area contributed by atoms with Crippen molar-refractivity contribution >= 4 is 10.9 Å². The first kappa shape index (κ1) is 12.2. The maximum Gasteiger partial charge on any atom is 0.0697 e. The molecule has 0 radical (unpaired) electrons. The first-order valence-corrected chi connectivity index (χ1v) is 6.18. The van der Waals surface area contributed by atoms with Gasteiger partial charge in [-0.15, -0.1) is 0 Å². The van der Waals surface area contributed by atoms with Crippen molar-refractivity contribution < 1.29 is 0 Å². The maximum atomic E-state index is 4.69. The minimum Gasteiger partial charge on any atom is -0.360 e. The zero-order chi connectivity index (χ0) is 12.8. The predicted octanol–water partition coefficient (Wildman–Crippen LogP) is 4.16. The summed E-state index contributed by atoms with van der Waals surface area (Å²) < 4.78 is 0. The molecule has 2 heterocycles. The van der Waals surface area contributed by atoms with Crippen LogP contribution in [0.1, 0.15) is 52.8 Å². The molecule has 2 aromatic rings. The van der Waals surface area contributed by atoms with Crippen molar-refractivity contribution in [1.29, 1.82) is 0 Å². The molecule has 0 saturated carbocycles. The lowest BCUT2D eigenvalue weighted by Crippen LogP contribution is -2.17. The third-order valence-corrected chi connectivity index (χ3v) is 3.12. The Morgan fingerprint density at radius 3 is 2.18 bits per heavy atom. The molecule has 2 aromatic heterocycles. The van der Waals surface area contributed by atoms with Crippen LogP contribution < -0.4 is 0 Å². The summed E-state index contributed by atoms with van der Waals surface area (Å²) in [5.74, 6) is 0. The van der Waals surface area contributed by atoms with Gasteiger partial charge in [0.2, 0.25) is 0 Å². The zero-order valence-electron chi connectivity index (χ0n) is 11.7. The number of hydrogen-bond acceptors (Lipinski definition) is 1. The van der Waals surface area contributed by atoms with Crippen LogP contribution in [-0.4, -0.2) is 9.97 Å². The molecule has 0 unspecified atom stereocenters. The molecule has 0 aliphatic rings. The van der Waals surface area contributed by atoms with Gasteiger partial charge in [-0.2, -0.15) is 0 Å². The van der Waals surface area contributed by atoms with Crippen LogP contribution in [0.25, 0.3) is 10.9 Å². The lowest BCUT2D eigenvalue weighted by atomic mass is 9.83. The summed E-state index contributed by atoms with van der Waals surface area (Å²) >= 11 is 0. The second-order valence-corrected chi connectivity index (χ2v) is 6.79. The third kappa shape index (κ3) is 2.08. The SMILES string of the molecule is CC(C)(C)c1cnc(C(C)(C)C)c2[nH]ccc12. The van der Waals surface area contributed by atoms with Crippen molar-refractivity contribution in [3.63, 3.8) is 0 Å². The van der Waals surface area contributed by atoms with Crippen LogP contribution in [0.3, 0.4) is 0 Å². The van der Waals surface area contributed by atoms with Gasteiger partial charge in [-0.25, -0.2) is 0 Å². The number of aromatic amines is 1. The van der Waals surface area contributed by atoms with Crippen LogP contribution in [0.5, 0.6) is 0 Å². The van der Waals surface area contributed by atoms with Crippen LogP contribution >= 0.6 is 0 Å². The van der Waals surface area contributed by atoms with E-state index in [1.165, 1.54) is 16.5 Å². The van der Waals surface area contributed by atoms with Crippen molar-refractivity contribution in [2.75, 3.05) is 0 Å². The molecule has 0 saturated heterocycles. The van der Waals surface area contributed by atoms with Crippen LogP contribution in [0.2, 0.25) is 0 Å². The average molecular weight is 230 g/mol. The number of H-pyrrole nitrogens is 1. The molecule has 0 atom stereocenters. The van der Waals surface area contributed by atoms with E-state index >= 15 is 0 Å². The van der Waals surface area contributed by atoms with Gasteiger partial charge in [0.1, 0.15) is 0 Å². The van der Waals surface area contributed by atoms with Gasteiger partial charge >= 0.3 is 0 Å². The Bertz CT molecular complexity index is 488. The summed E-state index contributed by atoms with van der Waals surface area (Å²) in [5.41, 5.74) is 3.83. The molecule has 1 N–H and O–H groups in total. The minimum absolute atomic E-state index is 0.0690. The number of fused-ring (bicyclic) bond motifs is 1. The number of nitrogens with one attached hydrogen (secondary N) is 1. The Kier molecular flexibility index (Phi) is 2.57.